The van der Waals surface area contributed by atoms with Crippen molar-refractivity contribution < 1.29 is 5.11 Å². The molecule has 0 radical (unpaired) electrons. The van der Waals surface area contributed by atoms with E-state index in [2.05, 4.69) is 9.97 Å². The number of anilines is 1. The highest BCUT2D eigenvalue weighted by Gasteiger charge is 1.99. The molecule has 1 atom stereocenters. The van der Waals surface area contributed by atoms with Gasteiger partial charge in [0.2, 0.25) is 0 Å². The van der Waals surface area contributed by atoms with Gasteiger partial charge in [-0.25, -0.2) is 4.98 Å². The molecule has 0 saturated heterocycles. The summed E-state index contributed by atoms with van der Waals surface area (Å²) in [5, 5.41) is 8.98. The van der Waals surface area contributed by atoms with Crippen LogP contribution in [0.1, 0.15) is 12.6 Å². The Morgan fingerprint density at radius 3 is 2.73 bits per heavy atom. The van der Waals surface area contributed by atoms with E-state index in [4.69, 9.17) is 10.8 Å². The van der Waals surface area contributed by atoms with Gasteiger partial charge in [0.05, 0.1) is 24.2 Å². The molecule has 1 aromatic rings. The van der Waals surface area contributed by atoms with E-state index < -0.39 is 0 Å². The van der Waals surface area contributed by atoms with Crippen LogP contribution in [-0.2, 0) is 6.42 Å². The summed E-state index contributed by atoms with van der Waals surface area (Å²) in [7, 11) is 0. The molecule has 3 N–H and O–H groups in total. The fourth-order valence-corrected chi connectivity index (χ4v) is 0.773. The van der Waals surface area contributed by atoms with E-state index in [1.807, 2.05) is 0 Å². The number of aliphatic hydroxyl groups excluding tert-OH is 1. The topological polar surface area (TPSA) is 72.0 Å². The zero-order chi connectivity index (χ0) is 8.27. The average molecular weight is 153 g/mol. The third kappa shape index (κ3) is 2.51. The lowest BCUT2D eigenvalue weighted by molar-refractivity contribution is 0.194. The summed E-state index contributed by atoms with van der Waals surface area (Å²) < 4.78 is 0. The molecule has 0 aliphatic carbocycles. The van der Waals surface area contributed by atoms with Crippen LogP contribution in [0.3, 0.4) is 0 Å². The Morgan fingerprint density at radius 1 is 1.55 bits per heavy atom. The molecular weight excluding hydrogens is 142 g/mol. The molecule has 0 amide bonds. The molecule has 60 valence electrons. The smallest absolute Gasteiger partial charge is 0.141 e. The second-order valence-corrected chi connectivity index (χ2v) is 2.49. The number of rotatable bonds is 2. The maximum atomic E-state index is 8.98. The van der Waals surface area contributed by atoms with Crippen molar-refractivity contribution in [3.63, 3.8) is 0 Å². The third-order valence-electron chi connectivity index (χ3n) is 1.23. The number of nitrogens with two attached hydrogens (primary N) is 1. The van der Waals surface area contributed by atoms with Crippen molar-refractivity contribution in [3.05, 3.63) is 18.1 Å². The minimum absolute atomic E-state index is 0.382. The van der Waals surface area contributed by atoms with E-state index in [0.29, 0.717) is 12.2 Å². The predicted octanol–water partition coefficient (Wildman–Crippen LogP) is -0.0179. The van der Waals surface area contributed by atoms with E-state index in [9.17, 15) is 0 Å². The Labute approximate surface area is 65.1 Å². The van der Waals surface area contributed by atoms with Crippen LogP contribution < -0.4 is 5.73 Å². The first kappa shape index (κ1) is 7.94. The Morgan fingerprint density at radius 2 is 2.27 bits per heavy atom. The van der Waals surface area contributed by atoms with Crippen molar-refractivity contribution in [1.82, 2.24) is 9.97 Å². The van der Waals surface area contributed by atoms with Gasteiger partial charge in [-0.3, -0.25) is 4.98 Å². The van der Waals surface area contributed by atoms with E-state index in [-0.39, 0.29) is 6.10 Å². The van der Waals surface area contributed by atoms with Crippen LogP contribution in [0.2, 0.25) is 0 Å². The molecule has 0 aromatic carbocycles. The fourth-order valence-electron chi connectivity index (χ4n) is 0.773. The summed E-state index contributed by atoms with van der Waals surface area (Å²) in [6.07, 6.45) is 3.19. The summed E-state index contributed by atoms with van der Waals surface area (Å²) in [6, 6.07) is 0. The van der Waals surface area contributed by atoms with Crippen LogP contribution in [0.25, 0.3) is 0 Å². The van der Waals surface area contributed by atoms with E-state index in [1.165, 1.54) is 6.20 Å². The number of nitrogens with zero attached hydrogens (tertiary/aromatic N) is 2. The molecule has 0 fully saturated rings. The zero-order valence-electron chi connectivity index (χ0n) is 6.36. The largest absolute Gasteiger partial charge is 0.393 e. The van der Waals surface area contributed by atoms with E-state index in [1.54, 1.807) is 13.1 Å². The third-order valence-corrected chi connectivity index (χ3v) is 1.23. The van der Waals surface area contributed by atoms with Gasteiger partial charge in [0.15, 0.2) is 0 Å². The Bertz CT molecular complexity index is 220. The number of aromatic nitrogens is 2. The van der Waals surface area contributed by atoms with Gasteiger partial charge in [-0.05, 0) is 6.92 Å². The van der Waals surface area contributed by atoms with Gasteiger partial charge in [0.1, 0.15) is 5.82 Å². The molecule has 1 heterocycles. The van der Waals surface area contributed by atoms with Crippen molar-refractivity contribution in [3.8, 4) is 0 Å². The highest BCUT2D eigenvalue weighted by molar-refractivity contribution is 5.22. The summed E-state index contributed by atoms with van der Waals surface area (Å²) in [6.45, 7) is 1.71. The van der Waals surface area contributed by atoms with Gasteiger partial charge in [0.25, 0.3) is 0 Å². The highest BCUT2D eigenvalue weighted by atomic mass is 16.3. The van der Waals surface area contributed by atoms with Gasteiger partial charge in [-0.2, -0.15) is 0 Å². The molecule has 1 rings (SSSR count). The molecule has 0 unspecified atom stereocenters. The van der Waals surface area contributed by atoms with Gasteiger partial charge in [-0.15, -0.1) is 0 Å². The van der Waals surface area contributed by atoms with Crippen molar-refractivity contribution in [2.45, 2.75) is 19.4 Å². The SMILES string of the molecule is C[C@H](O)Cc1cnc(N)cn1. The van der Waals surface area contributed by atoms with Crippen LogP contribution in [0, 0.1) is 0 Å². The maximum absolute atomic E-state index is 8.98. The van der Waals surface area contributed by atoms with Crippen LogP contribution >= 0.6 is 0 Å². The van der Waals surface area contributed by atoms with Crippen molar-refractivity contribution in [1.29, 1.82) is 0 Å². The molecule has 0 aliphatic heterocycles. The maximum Gasteiger partial charge on any atom is 0.141 e. The van der Waals surface area contributed by atoms with E-state index in [0.717, 1.165) is 5.69 Å². The monoisotopic (exact) mass is 153 g/mol. The summed E-state index contributed by atoms with van der Waals surface area (Å²) >= 11 is 0. The van der Waals surface area contributed by atoms with Crippen LogP contribution in [0.15, 0.2) is 12.4 Å². The van der Waals surface area contributed by atoms with E-state index >= 15 is 0 Å². The standard InChI is InChI=1S/C7H11N3O/c1-5(11)2-6-3-10-7(8)4-9-6/h3-5,11H,2H2,1H3,(H2,8,10)/t5-/m0/s1. The normalized spacial score (nSPS) is 12.9. The zero-order valence-corrected chi connectivity index (χ0v) is 6.36. The number of nitrogen functional groups attached to an aromatic ring is 1. The molecule has 1 aromatic heterocycles. The molecular formula is C7H11N3O. The Balaban J connectivity index is 2.66. The highest BCUT2D eigenvalue weighted by Crippen LogP contribution is 1.99. The lowest BCUT2D eigenvalue weighted by atomic mass is 10.2. The van der Waals surface area contributed by atoms with Gasteiger partial charge in [0, 0.05) is 6.42 Å². The Hall–Kier alpha value is -1.16. The quantitative estimate of drug-likeness (QED) is 0.626. The first-order valence-corrected chi connectivity index (χ1v) is 3.43. The summed E-state index contributed by atoms with van der Waals surface area (Å²) in [4.78, 5) is 7.81. The lowest BCUT2D eigenvalue weighted by Gasteiger charge is -2.01. The van der Waals surface area contributed by atoms with Crippen LogP contribution in [0.4, 0.5) is 5.82 Å². The molecule has 4 nitrogen and oxygen atoms in total. The van der Waals surface area contributed by atoms with Crippen molar-refractivity contribution >= 4 is 5.82 Å². The fraction of sp³-hybridized carbons (Fsp3) is 0.429. The van der Waals surface area contributed by atoms with Crippen molar-refractivity contribution in [2.24, 2.45) is 0 Å². The van der Waals surface area contributed by atoms with Crippen molar-refractivity contribution in [2.75, 3.05) is 5.73 Å². The summed E-state index contributed by atoms with van der Waals surface area (Å²) in [5.41, 5.74) is 6.08. The molecule has 0 bridgehead atoms. The van der Waals surface area contributed by atoms with Gasteiger partial charge >= 0.3 is 0 Å². The minimum Gasteiger partial charge on any atom is -0.393 e. The second-order valence-electron chi connectivity index (χ2n) is 2.49. The molecule has 0 saturated carbocycles. The lowest BCUT2D eigenvalue weighted by Crippen LogP contribution is -2.06. The first-order valence-electron chi connectivity index (χ1n) is 3.43. The Kier molecular flexibility index (Phi) is 2.38. The minimum atomic E-state index is -0.382. The van der Waals surface area contributed by atoms with Crippen LogP contribution in [-0.4, -0.2) is 21.2 Å². The predicted molar refractivity (Wildman–Crippen MR) is 41.8 cm³/mol. The average Bonchev–Trinajstić information content (AvgIpc) is 1.93. The number of hydrogen-bond acceptors (Lipinski definition) is 4. The van der Waals surface area contributed by atoms with Gasteiger partial charge in [-0.1, -0.05) is 0 Å². The molecule has 0 aliphatic rings. The van der Waals surface area contributed by atoms with Gasteiger partial charge < -0.3 is 10.8 Å². The van der Waals surface area contributed by atoms with Crippen LogP contribution in [0.5, 0.6) is 0 Å². The number of aliphatic hydroxyl groups is 1. The molecule has 4 heteroatoms. The first-order chi connectivity index (χ1) is 5.18. The molecule has 11 heavy (non-hydrogen) atoms. The summed E-state index contributed by atoms with van der Waals surface area (Å²) in [5.74, 6) is 0.402. The number of hydrogen-bond donors (Lipinski definition) is 2. The second kappa shape index (κ2) is 3.30. The molecule has 0 spiro atoms.